The molecule has 0 aliphatic carbocycles. The predicted octanol–water partition coefficient (Wildman–Crippen LogP) is 0.122. The summed E-state index contributed by atoms with van der Waals surface area (Å²) in [5.74, 6) is -0.124. The average Bonchev–Trinajstić information content (AvgIpc) is 2.48. The fourth-order valence-corrected chi connectivity index (χ4v) is 1.76. The number of alkyl halides is 3. The second-order valence-electron chi connectivity index (χ2n) is 3.88. The van der Waals surface area contributed by atoms with Crippen LogP contribution < -0.4 is 5.32 Å². The van der Waals surface area contributed by atoms with E-state index >= 15 is 0 Å². The summed E-state index contributed by atoms with van der Waals surface area (Å²) in [7, 11) is 0. The number of nitrogens with one attached hydrogen (secondary N) is 1. The van der Waals surface area contributed by atoms with Crippen molar-refractivity contribution in [1.29, 1.82) is 0 Å². The van der Waals surface area contributed by atoms with Gasteiger partial charge in [-0.05, 0) is 6.42 Å². The number of aliphatic hydroxyl groups is 1. The SMILES string of the molecule is O=C1CCC(CN(CCO)CC(F)(F)F)N1. The highest BCUT2D eigenvalue weighted by Crippen LogP contribution is 2.17. The first-order chi connectivity index (χ1) is 7.40. The van der Waals surface area contributed by atoms with E-state index in [2.05, 4.69) is 5.32 Å². The molecule has 1 fully saturated rings. The molecule has 0 spiro atoms. The van der Waals surface area contributed by atoms with Gasteiger partial charge in [-0.2, -0.15) is 13.2 Å². The van der Waals surface area contributed by atoms with Crippen LogP contribution in [0.1, 0.15) is 12.8 Å². The molecule has 1 atom stereocenters. The van der Waals surface area contributed by atoms with Crippen LogP contribution in [-0.2, 0) is 4.79 Å². The maximum atomic E-state index is 12.2. The molecule has 0 aromatic heterocycles. The Morgan fingerprint density at radius 2 is 2.19 bits per heavy atom. The number of amides is 1. The van der Waals surface area contributed by atoms with Crippen molar-refractivity contribution in [3.63, 3.8) is 0 Å². The maximum Gasteiger partial charge on any atom is 0.401 e. The van der Waals surface area contributed by atoms with E-state index in [4.69, 9.17) is 5.11 Å². The molecule has 7 heteroatoms. The van der Waals surface area contributed by atoms with Crippen molar-refractivity contribution in [3.8, 4) is 0 Å². The molecule has 4 nitrogen and oxygen atoms in total. The van der Waals surface area contributed by atoms with Crippen molar-refractivity contribution in [1.82, 2.24) is 10.2 Å². The van der Waals surface area contributed by atoms with Crippen molar-refractivity contribution < 1.29 is 23.1 Å². The van der Waals surface area contributed by atoms with E-state index in [9.17, 15) is 18.0 Å². The molecular weight excluding hydrogens is 225 g/mol. The molecule has 1 aliphatic heterocycles. The van der Waals surface area contributed by atoms with Crippen LogP contribution in [0.5, 0.6) is 0 Å². The Morgan fingerprint density at radius 3 is 2.62 bits per heavy atom. The molecule has 0 aromatic rings. The molecule has 1 saturated heterocycles. The van der Waals surface area contributed by atoms with Gasteiger partial charge in [0, 0.05) is 25.6 Å². The molecule has 0 saturated carbocycles. The highest BCUT2D eigenvalue weighted by molar-refractivity contribution is 5.78. The monoisotopic (exact) mass is 240 g/mol. The Kier molecular flexibility index (Phi) is 4.55. The minimum atomic E-state index is -4.28. The summed E-state index contributed by atoms with van der Waals surface area (Å²) >= 11 is 0. The molecule has 1 amide bonds. The fourth-order valence-electron chi connectivity index (χ4n) is 1.76. The first-order valence-corrected chi connectivity index (χ1v) is 5.10. The van der Waals surface area contributed by atoms with Gasteiger partial charge in [0.1, 0.15) is 0 Å². The summed E-state index contributed by atoms with van der Waals surface area (Å²) in [6.07, 6.45) is -3.36. The minimum Gasteiger partial charge on any atom is -0.395 e. The summed E-state index contributed by atoms with van der Waals surface area (Å²) in [5.41, 5.74) is 0. The zero-order valence-electron chi connectivity index (χ0n) is 8.76. The maximum absolute atomic E-state index is 12.2. The first-order valence-electron chi connectivity index (χ1n) is 5.10. The third-order valence-electron chi connectivity index (χ3n) is 2.38. The van der Waals surface area contributed by atoms with Crippen LogP contribution >= 0.6 is 0 Å². The van der Waals surface area contributed by atoms with Gasteiger partial charge in [0.15, 0.2) is 0 Å². The van der Waals surface area contributed by atoms with Crippen LogP contribution in [0.4, 0.5) is 13.2 Å². The molecule has 1 rings (SSSR count). The van der Waals surface area contributed by atoms with Crippen molar-refractivity contribution in [2.45, 2.75) is 25.1 Å². The summed E-state index contributed by atoms with van der Waals surface area (Å²) in [6, 6.07) is -0.235. The molecule has 16 heavy (non-hydrogen) atoms. The van der Waals surface area contributed by atoms with Gasteiger partial charge in [-0.3, -0.25) is 9.69 Å². The van der Waals surface area contributed by atoms with Gasteiger partial charge in [-0.25, -0.2) is 0 Å². The van der Waals surface area contributed by atoms with E-state index in [-0.39, 0.29) is 31.6 Å². The Labute approximate surface area is 91.4 Å². The molecule has 0 aromatic carbocycles. The minimum absolute atomic E-state index is 0.0358. The Hall–Kier alpha value is -0.820. The molecule has 1 heterocycles. The van der Waals surface area contributed by atoms with E-state index in [1.807, 2.05) is 0 Å². The van der Waals surface area contributed by atoms with E-state index in [0.717, 1.165) is 4.90 Å². The fraction of sp³-hybridized carbons (Fsp3) is 0.889. The zero-order chi connectivity index (χ0) is 12.2. The number of halogens is 3. The number of aliphatic hydroxyl groups excluding tert-OH is 1. The summed E-state index contributed by atoms with van der Waals surface area (Å²) in [5, 5.41) is 11.3. The van der Waals surface area contributed by atoms with Crippen LogP contribution in [0.3, 0.4) is 0 Å². The largest absolute Gasteiger partial charge is 0.401 e. The van der Waals surface area contributed by atoms with E-state index in [1.54, 1.807) is 0 Å². The van der Waals surface area contributed by atoms with E-state index < -0.39 is 12.7 Å². The molecule has 94 valence electrons. The Balaban J connectivity index is 2.41. The molecular formula is C9H15F3N2O2. The highest BCUT2D eigenvalue weighted by Gasteiger charge is 2.32. The van der Waals surface area contributed by atoms with Gasteiger partial charge in [0.2, 0.25) is 5.91 Å². The van der Waals surface area contributed by atoms with Crippen molar-refractivity contribution in [3.05, 3.63) is 0 Å². The number of nitrogens with zero attached hydrogens (tertiary/aromatic N) is 1. The molecule has 1 aliphatic rings. The number of hydrogen-bond donors (Lipinski definition) is 2. The highest BCUT2D eigenvalue weighted by atomic mass is 19.4. The number of carbonyl (C=O) groups is 1. The first kappa shape index (κ1) is 13.2. The Morgan fingerprint density at radius 1 is 1.50 bits per heavy atom. The standard InChI is InChI=1S/C9H15F3N2O2/c10-9(11,12)6-14(3-4-15)5-7-1-2-8(16)13-7/h7,15H,1-6H2,(H,13,16). The Bertz CT molecular complexity index is 245. The van der Waals surface area contributed by atoms with Crippen LogP contribution in [-0.4, -0.2) is 54.4 Å². The summed E-state index contributed by atoms with van der Waals surface area (Å²) in [6.45, 7) is -1.28. The van der Waals surface area contributed by atoms with Crippen LogP contribution in [0, 0.1) is 0 Å². The van der Waals surface area contributed by atoms with Gasteiger partial charge in [0.25, 0.3) is 0 Å². The van der Waals surface area contributed by atoms with Crippen LogP contribution in [0.15, 0.2) is 0 Å². The van der Waals surface area contributed by atoms with Gasteiger partial charge < -0.3 is 10.4 Å². The third-order valence-corrected chi connectivity index (χ3v) is 2.38. The predicted molar refractivity (Wildman–Crippen MR) is 50.7 cm³/mol. The number of carbonyl (C=O) groups excluding carboxylic acids is 1. The van der Waals surface area contributed by atoms with Gasteiger partial charge >= 0.3 is 6.18 Å². The van der Waals surface area contributed by atoms with Crippen LogP contribution in [0.2, 0.25) is 0 Å². The lowest BCUT2D eigenvalue weighted by Crippen LogP contribution is -2.44. The van der Waals surface area contributed by atoms with E-state index in [1.165, 1.54) is 0 Å². The molecule has 2 N–H and O–H groups in total. The summed E-state index contributed by atoms with van der Waals surface area (Å²) < 4.78 is 36.5. The normalized spacial score (nSPS) is 21.6. The number of hydrogen-bond acceptors (Lipinski definition) is 3. The molecule has 1 unspecified atom stereocenters. The van der Waals surface area contributed by atoms with Crippen molar-refractivity contribution >= 4 is 5.91 Å². The lowest BCUT2D eigenvalue weighted by molar-refractivity contribution is -0.147. The number of rotatable bonds is 5. The zero-order valence-corrected chi connectivity index (χ0v) is 8.76. The van der Waals surface area contributed by atoms with Gasteiger partial charge in [-0.15, -0.1) is 0 Å². The van der Waals surface area contributed by atoms with Crippen molar-refractivity contribution in [2.75, 3.05) is 26.2 Å². The lowest BCUT2D eigenvalue weighted by atomic mass is 10.2. The van der Waals surface area contributed by atoms with Crippen molar-refractivity contribution in [2.24, 2.45) is 0 Å². The van der Waals surface area contributed by atoms with Gasteiger partial charge in [0.05, 0.1) is 13.2 Å². The smallest absolute Gasteiger partial charge is 0.395 e. The topological polar surface area (TPSA) is 52.6 Å². The molecule has 0 bridgehead atoms. The second kappa shape index (κ2) is 5.49. The van der Waals surface area contributed by atoms with Gasteiger partial charge in [-0.1, -0.05) is 0 Å². The van der Waals surface area contributed by atoms with Crippen LogP contribution in [0.25, 0.3) is 0 Å². The lowest BCUT2D eigenvalue weighted by Gasteiger charge is -2.25. The summed E-state index contributed by atoms with van der Waals surface area (Å²) in [4.78, 5) is 12.0. The average molecular weight is 240 g/mol. The van der Waals surface area contributed by atoms with E-state index in [0.29, 0.717) is 12.8 Å². The third kappa shape index (κ3) is 4.80. The molecule has 0 radical (unpaired) electrons. The second-order valence-corrected chi connectivity index (χ2v) is 3.88. The quantitative estimate of drug-likeness (QED) is 0.717.